The second kappa shape index (κ2) is 4.25. The molecule has 0 radical (unpaired) electrons. The van der Waals surface area contributed by atoms with E-state index < -0.39 is 0 Å². The predicted octanol–water partition coefficient (Wildman–Crippen LogP) is 3.60. The van der Waals surface area contributed by atoms with Gasteiger partial charge in [-0.05, 0) is 55.7 Å². The van der Waals surface area contributed by atoms with Crippen molar-refractivity contribution in [1.29, 1.82) is 0 Å². The van der Waals surface area contributed by atoms with E-state index in [2.05, 4.69) is 30.4 Å². The fourth-order valence-corrected chi connectivity index (χ4v) is 3.56. The highest BCUT2D eigenvalue weighted by molar-refractivity contribution is 5.58. The molecule has 1 aromatic rings. The zero-order valence-electron chi connectivity index (χ0n) is 10.7. The first kappa shape index (κ1) is 10.9. The smallest absolute Gasteiger partial charge is 0.141 e. The molecule has 2 nitrogen and oxygen atoms in total. The van der Waals surface area contributed by atoms with Crippen molar-refractivity contribution in [2.75, 3.05) is 12.4 Å². The SMILES string of the molecule is COc1ccc(C)cc1NC1CC2CCC1C2. The second-order valence-corrected chi connectivity index (χ2v) is 5.63. The Morgan fingerprint density at radius 1 is 1.24 bits per heavy atom. The molecule has 2 bridgehead atoms. The van der Waals surface area contributed by atoms with Crippen molar-refractivity contribution < 1.29 is 4.74 Å². The van der Waals surface area contributed by atoms with Crippen molar-refractivity contribution in [2.24, 2.45) is 11.8 Å². The third kappa shape index (κ3) is 2.01. The zero-order valence-corrected chi connectivity index (χ0v) is 10.7. The maximum Gasteiger partial charge on any atom is 0.141 e. The molecule has 2 aliphatic rings. The molecule has 0 aromatic heterocycles. The fourth-order valence-electron chi connectivity index (χ4n) is 3.56. The van der Waals surface area contributed by atoms with E-state index in [4.69, 9.17) is 4.74 Å². The molecule has 3 rings (SSSR count). The quantitative estimate of drug-likeness (QED) is 0.858. The van der Waals surface area contributed by atoms with Gasteiger partial charge in [0.2, 0.25) is 0 Å². The largest absolute Gasteiger partial charge is 0.495 e. The van der Waals surface area contributed by atoms with Crippen LogP contribution in [0.25, 0.3) is 0 Å². The van der Waals surface area contributed by atoms with Gasteiger partial charge in [0, 0.05) is 6.04 Å². The summed E-state index contributed by atoms with van der Waals surface area (Å²) in [5.74, 6) is 2.84. The maximum absolute atomic E-state index is 5.43. The van der Waals surface area contributed by atoms with E-state index in [9.17, 15) is 0 Å². The molecular weight excluding hydrogens is 210 g/mol. The molecule has 0 amide bonds. The van der Waals surface area contributed by atoms with Crippen molar-refractivity contribution in [3.63, 3.8) is 0 Å². The van der Waals surface area contributed by atoms with Crippen LogP contribution >= 0.6 is 0 Å². The molecule has 2 heteroatoms. The summed E-state index contributed by atoms with van der Waals surface area (Å²) in [7, 11) is 1.75. The third-order valence-electron chi connectivity index (χ3n) is 4.43. The molecule has 0 aliphatic heterocycles. The summed E-state index contributed by atoms with van der Waals surface area (Å²) in [6.07, 6.45) is 5.65. The summed E-state index contributed by atoms with van der Waals surface area (Å²) >= 11 is 0. The lowest BCUT2D eigenvalue weighted by Crippen LogP contribution is -2.26. The van der Waals surface area contributed by atoms with Crippen LogP contribution in [-0.4, -0.2) is 13.2 Å². The van der Waals surface area contributed by atoms with Crippen molar-refractivity contribution in [1.82, 2.24) is 0 Å². The van der Waals surface area contributed by atoms with Crippen molar-refractivity contribution >= 4 is 5.69 Å². The Hall–Kier alpha value is -1.18. The van der Waals surface area contributed by atoms with Crippen molar-refractivity contribution in [3.05, 3.63) is 23.8 Å². The van der Waals surface area contributed by atoms with Gasteiger partial charge in [-0.15, -0.1) is 0 Å². The molecule has 3 atom stereocenters. The molecule has 17 heavy (non-hydrogen) atoms. The number of nitrogens with one attached hydrogen (secondary N) is 1. The van der Waals surface area contributed by atoms with Gasteiger partial charge in [-0.2, -0.15) is 0 Å². The minimum absolute atomic E-state index is 0.671. The van der Waals surface area contributed by atoms with Gasteiger partial charge in [0.05, 0.1) is 12.8 Å². The minimum atomic E-state index is 0.671. The van der Waals surface area contributed by atoms with Gasteiger partial charge in [-0.1, -0.05) is 12.5 Å². The van der Waals surface area contributed by atoms with Crippen LogP contribution in [0, 0.1) is 18.8 Å². The van der Waals surface area contributed by atoms with Crippen LogP contribution in [0.1, 0.15) is 31.2 Å². The molecule has 0 spiro atoms. The normalized spacial score (nSPS) is 30.6. The van der Waals surface area contributed by atoms with Crippen LogP contribution in [0.3, 0.4) is 0 Å². The van der Waals surface area contributed by atoms with Crippen LogP contribution in [0.4, 0.5) is 5.69 Å². The van der Waals surface area contributed by atoms with Crippen LogP contribution in [-0.2, 0) is 0 Å². The van der Waals surface area contributed by atoms with Crippen LogP contribution in [0.2, 0.25) is 0 Å². The summed E-state index contributed by atoms with van der Waals surface area (Å²) in [4.78, 5) is 0. The average molecular weight is 231 g/mol. The van der Waals surface area contributed by atoms with Gasteiger partial charge < -0.3 is 10.1 Å². The van der Waals surface area contributed by atoms with E-state index in [0.717, 1.165) is 17.6 Å². The number of rotatable bonds is 3. The van der Waals surface area contributed by atoms with Gasteiger partial charge in [0.25, 0.3) is 0 Å². The van der Waals surface area contributed by atoms with E-state index >= 15 is 0 Å². The molecule has 1 N–H and O–H groups in total. The van der Waals surface area contributed by atoms with Gasteiger partial charge >= 0.3 is 0 Å². The van der Waals surface area contributed by atoms with Gasteiger partial charge in [0.15, 0.2) is 0 Å². The van der Waals surface area contributed by atoms with Crippen LogP contribution in [0.15, 0.2) is 18.2 Å². The molecule has 2 saturated carbocycles. The number of hydrogen-bond acceptors (Lipinski definition) is 2. The van der Waals surface area contributed by atoms with E-state index in [0.29, 0.717) is 6.04 Å². The molecule has 2 aliphatic carbocycles. The fraction of sp³-hybridized carbons (Fsp3) is 0.600. The average Bonchev–Trinajstić information content (AvgIpc) is 2.91. The summed E-state index contributed by atoms with van der Waals surface area (Å²) in [6.45, 7) is 2.13. The van der Waals surface area contributed by atoms with Crippen LogP contribution < -0.4 is 10.1 Å². The monoisotopic (exact) mass is 231 g/mol. The van der Waals surface area contributed by atoms with Crippen molar-refractivity contribution in [2.45, 2.75) is 38.6 Å². The van der Waals surface area contributed by atoms with Gasteiger partial charge in [-0.25, -0.2) is 0 Å². The van der Waals surface area contributed by atoms with E-state index in [1.807, 2.05) is 0 Å². The van der Waals surface area contributed by atoms with Crippen molar-refractivity contribution in [3.8, 4) is 5.75 Å². The number of anilines is 1. The lowest BCUT2D eigenvalue weighted by molar-refractivity contribution is 0.410. The molecule has 2 fully saturated rings. The lowest BCUT2D eigenvalue weighted by atomic mass is 9.95. The Bertz CT molecular complexity index is 415. The Balaban J connectivity index is 1.78. The topological polar surface area (TPSA) is 21.3 Å². The number of ether oxygens (including phenoxy) is 1. The Morgan fingerprint density at radius 2 is 2.12 bits per heavy atom. The summed E-state index contributed by atoms with van der Waals surface area (Å²) < 4.78 is 5.43. The first-order valence-corrected chi connectivity index (χ1v) is 6.67. The highest BCUT2D eigenvalue weighted by atomic mass is 16.5. The Morgan fingerprint density at radius 3 is 2.76 bits per heavy atom. The molecule has 3 unspecified atom stereocenters. The second-order valence-electron chi connectivity index (χ2n) is 5.63. The molecule has 1 aromatic carbocycles. The highest BCUT2D eigenvalue weighted by Gasteiger charge is 2.39. The minimum Gasteiger partial charge on any atom is -0.495 e. The molecule has 0 saturated heterocycles. The Labute approximate surface area is 103 Å². The summed E-state index contributed by atoms with van der Waals surface area (Å²) in [5, 5.41) is 3.71. The first-order chi connectivity index (χ1) is 8.26. The molecule has 92 valence electrons. The maximum atomic E-state index is 5.43. The lowest BCUT2D eigenvalue weighted by Gasteiger charge is -2.25. The van der Waals surface area contributed by atoms with Gasteiger partial charge in [0.1, 0.15) is 5.75 Å². The number of aryl methyl sites for hydroxylation is 1. The van der Waals surface area contributed by atoms with Gasteiger partial charge in [-0.3, -0.25) is 0 Å². The number of hydrogen-bond donors (Lipinski definition) is 1. The first-order valence-electron chi connectivity index (χ1n) is 6.67. The third-order valence-corrected chi connectivity index (χ3v) is 4.43. The highest BCUT2D eigenvalue weighted by Crippen LogP contribution is 2.46. The number of benzene rings is 1. The summed E-state index contributed by atoms with van der Waals surface area (Å²) in [6, 6.07) is 7.03. The zero-order chi connectivity index (χ0) is 11.8. The summed E-state index contributed by atoms with van der Waals surface area (Å²) in [5.41, 5.74) is 2.46. The number of fused-ring (bicyclic) bond motifs is 2. The van der Waals surface area contributed by atoms with Crippen LogP contribution in [0.5, 0.6) is 5.75 Å². The molecule has 0 heterocycles. The Kier molecular flexibility index (Phi) is 2.73. The van der Waals surface area contributed by atoms with E-state index in [-0.39, 0.29) is 0 Å². The number of methoxy groups -OCH3 is 1. The standard InChI is InChI=1S/C15H21NO/c1-10-3-6-15(17-2)14(7-10)16-13-9-11-4-5-12(13)8-11/h3,6-7,11-13,16H,4-5,8-9H2,1-2H3. The van der Waals surface area contributed by atoms with E-state index in [1.54, 1.807) is 7.11 Å². The predicted molar refractivity (Wildman–Crippen MR) is 70.6 cm³/mol. The molecular formula is C15H21NO. The van der Waals surface area contributed by atoms with E-state index in [1.165, 1.54) is 36.9 Å².